The van der Waals surface area contributed by atoms with Crippen LogP contribution in [0.5, 0.6) is 0 Å². The fraction of sp³-hybridized carbons (Fsp3) is 0.231. The zero-order valence-electron chi connectivity index (χ0n) is 10.8. The van der Waals surface area contributed by atoms with Gasteiger partial charge in [-0.3, -0.25) is 0 Å². The lowest BCUT2D eigenvalue weighted by Crippen LogP contribution is -2.02. The first-order chi connectivity index (χ1) is 8.83. The summed E-state index contributed by atoms with van der Waals surface area (Å²) < 4.78 is 0. The van der Waals surface area contributed by atoms with Gasteiger partial charge in [-0.1, -0.05) is 0 Å². The number of carboxylic acid groups (broad SMARTS) is 2. The Labute approximate surface area is 111 Å². The molecule has 0 aliphatic rings. The number of nitriles is 2. The molecule has 1 aromatic carbocycles. The molecular formula is C13H14N2O4. The van der Waals surface area contributed by atoms with Gasteiger partial charge < -0.3 is 10.2 Å². The van der Waals surface area contributed by atoms with Gasteiger partial charge in [0.2, 0.25) is 0 Å². The van der Waals surface area contributed by atoms with Gasteiger partial charge in [0.05, 0.1) is 23.3 Å². The predicted molar refractivity (Wildman–Crippen MR) is 67.7 cm³/mol. The van der Waals surface area contributed by atoms with E-state index >= 15 is 0 Å². The summed E-state index contributed by atoms with van der Waals surface area (Å²) in [5.41, 5.74) is 0.618. The van der Waals surface area contributed by atoms with E-state index in [1.165, 1.54) is 26.0 Å². The summed E-state index contributed by atoms with van der Waals surface area (Å²) in [6.07, 6.45) is 0. The van der Waals surface area contributed by atoms with Crippen molar-refractivity contribution in [3.8, 4) is 12.1 Å². The highest BCUT2D eigenvalue weighted by Crippen LogP contribution is 2.09. The van der Waals surface area contributed by atoms with E-state index in [9.17, 15) is 9.59 Å². The molecule has 0 saturated heterocycles. The van der Waals surface area contributed by atoms with Gasteiger partial charge in [-0.05, 0) is 30.7 Å². The number of aryl methyl sites for hydroxylation is 1. The maximum atomic E-state index is 10.5. The van der Waals surface area contributed by atoms with E-state index < -0.39 is 11.9 Å². The van der Waals surface area contributed by atoms with Crippen molar-refractivity contribution in [2.45, 2.75) is 20.8 Å². The quantitative estimate of drug-likeness (QED) is 0.843. The maximum Gasteiger partial charge on any atom is 0.335 e. The third-order valence-electron chi connectivity index (χ3n) is 1.57. The Hall–Kier alpha value is -2.86. The van der Waals surface area contributed by atoms with E-state index in [0.717, 1.165) is 6.07 Å². The molecule has 0 saturated carbocycles. The van der Waals surface area contributed by atoms with Crippen molar-refractivity contribution in [3.05, 3.63) is 34.9 Å². The van der Waals surface area contributed by atoms with Gasteiger partial charge in [-0.2, -0.15) is 10.5 Å². The van der Waals surface area contributed by atoms with Crippen LogP contribution in [0.25, 0.3) is 0 Å². The van der Waals surface area contributed by atoms with Gasteiger partial charge in [0.15, 0.2) is 0 Å². The number of hydrogen-bond acceptors (Lipinski definition) is 4. The van der Waals surface area contributed by atoms with Crippen molar-refractivity contribution in [3.63, 3.8) is 0 Å². The van der Waals surface area contributed by atoms with Crippen LogP contribution in [0.15, 0.2) is 18.2 Å². The van der Waals surface area contributed by atoms with Gasteiger partial charge in [0.25, 0.3) is 0 Å². The van der Waals surface area contributed by atoms with Crippen molar-refractivity contribution in [2.75, 3.05) is 0 Å². The third kappa shape index (κ3) is 8.90. The Bertz CT molecular complexity index is 480. The maximum absolute atomic E-state index is 10.5. The van der Waals surface area contributed by atoms with Crippen molar-refractivity contribution in [1.82, 2.24) is 0 Å². The zero-order valence-corrected chi connectivity index (χ0v) is 10.8. The van der Waals surface area contributed by atoms with Crippen LogP contribution < -0.4 is 0 Å². The van der Waals surface area contributed by atoms with Crippen LogP contribution in [-0.2, 0) is 0 Å². The molecule has 0 unspecified atom stereocenters. The average Bonchev–Trinajstić information content (AvgIpc) is 2.30. The Morgan fingerprint density at radius 2 is 1.21 bits per heavy atom. The molecule has 0 aliphatic carbocycles. The number of nitrogens with zero attached hydrogens (tertiary/aromatic N) is 2. The standard InChI is InChI=1S/C9H8O4.2C2H3N/c1-5-2-6(8(10)11)4-7(3-5)9(12)13;2*1-2-3/h2-4H,1H3,(H,10,11)(H,12,13);2*1H3. The minimum absolute atomic E-state index is 0.00241. The second-order valence-electron chi connectivity index (χ2n) is 3.15. The molecule has 100 valence electrons. The largest absolute Gasteiger partial charge is 0.478 e. The number of aromatic carboxylic acids is 2. The third-order valence-corrected chi connectivity index (χ3v) is 1.57. The number of benzene rings is 1. The second kappa shape index (κ2) is 10.3. The molecule has 6 nitrogen and oxygen atoms in total. The number of rotatable bonds is 2. The molecule has 1 rings (SSSR count). The van der Waals surface area contributed by atoms with Gasteiger partial charge in [-0.15, -0.1) is 0 Å². The topological polar surface area (TPSA) is 122 Å². The molecule has 0 aromatic heterocycles. The van der Waals surface area contributed by atoms with Gasteiger partial charge >= 0.3 is 11.9 Å². The van der Waals surface area contributed by atoms with Crippen LogP contribution in [-0.4, -0.2) is 22.2 Å². The van der Waals surface area contributed by atoms with Crippen LogP contribution in [0.1, 0.15) is 40.1 Å². The second-order valence-corrected chi connectivity index (χ2v) is 3.15. The zero-order chi connectivity index (χ0) is 15.4. The lowest BCUT2D eigenvalue weighted by atomic mass is 10.1. The smallest absolute Gasteiger partial charge is 0.335 e. The fourth-order valence-corrected chi connectivity index (χ4v) is 1.03. The fourth-order valence-electron chi connectivity index (χ4n) is 1.03. The molecular weight excluding hydrogens is 248 g/mol. The SMILES string of the molecule is CC#N.CC#N.Cc1cc(C(=O)O)cc(C(=O)O)c1. The summed E-state index contributed by atoms with van der Waals surface area (Å²) in [6.45, 7) is 4.51. The summed E-state index contributed by atoms with van der Waals surface area (Å²) in [7, 11) is 0. The van der Waals surface area contributed by atoms with Crippen molar-refractivity contribution >= 4 is 11.9 Å². The van der Waals surface area contributed by atoms with E-state index in [-0.39, 0.29) is 11.1 Å². The van der Waals surface area contributed by atoms with Crippen molar-refractivity contribution < 1.29 is 19.8 Å². The molecule has 0 radical (unpaired) electrons. The summed E-state index contributed by atoms with van der Waals surface area (Å²) in [6, 6.07) is 7.49. The molecule has 0 aliphatic heterocycles. The lowest BCUT2D eigenvalue weighted by molar-refractivity contribution is 0.0696. The van der Waals surface area contributed by atoms with Crippen LogP contribution in [0, 0.1) is 29.6 Å². The van der Waals surface area contributed by atoms with Crippen LogP contribution in [0.4, 0.5) is 0 Å². The summed E-state index contributed by atoms with van der Waals surface area (Å²) in [5, 5.41) is 31.9. The van der Waals surface area contributed by atoms with Crippen molar-refractivity contribution in [2.24, 2.45) is 0 Å². The summed E-state index contributed by atoms with van der Waals surface area (Å²) in [4.78, 5) is 21.1. The molecule has 6 heteroatoms. The molecule has 0 atom stereocenters. The van der Waals surface area contributed by atoms with Crippen LogP contribution in [0.2, 0.25) is 0 Å². The highest BCUT2D eigenvalue weighted by Gasteiger charge is 2.09. The predicted octanol–water partition coefficient (Wildman–Crippen LogP) is 2.45. The first-order valence-corrected chi connectivity index (χ1v) is 5.03. The highest BCUT2D eigenvalue weighted by atomic mass is 16.4. The minimum Gasteiger partial charge on any atom is -0.478 e. The average molecular weight is 262 g/mol. The van der Waals surface area contributed by atoms with E-state index in [2.05, 4.69) is 0 Å². The first-order valence-electron chi connectivity index (χ1n) is 5.03. The number of hydrogen-bond donors (Lipinski definition) is 2. The number of carboxylic acids is 2. The number of carbonyl (C=O) groups is 2. The van der Waals surface area contributed by atoms with Gasteiger partial charge in [0.1, 0.15) is 0 Å². The molecule has 0 bridgehead atoms. The Kier molecular flexibility index (Phi) is 10.0. The lowest BCUT2D eigenvalue weighted by Gasteiger charge is -1.99. The van der Waals surface area contributed by atoms with Crippen LogP contribution in [0.3, 0.4) is 0 Å². The Balaban J connectivity index is 0. The van der Waals surface area contributed by atoms with Gasteiger partial charge in [0, 0.05) is 13.8 Å². The van der Waals surface area contributed by atoms with E-state index in [0.29, 0.717) is 5.56 Å². The minimum atomic E-state index is -1.12. The molecule has 1 aromatic rings. The molecule has 0 heterocycles. The van der Waals surface area contributed by atoms with E-state index in [4.69, 9.17) is 20.7 Å². The Morgan fingerprint density at radius 3 is 1.42 bits per heavy atom. The van der Waals surface area contributed by atoms with E-state index in [1.54, 1.807) is 19.1 Å². The van der Waals surface area contributed by atoms with E-state index in [1.807, 2.05) is 0 Å². The summed E-state index contributed by atoms with van der Waals surface area (Å²) in [5.74, 6) is -2.24. The normalized spacial score (nSPS) is 7.42. The summed E-state index contributed by atoms with van der Waals surface area (Å²) >= 11 is 0. The highest BCUT2D eigenvalue weighted by molar-refractivity contribution is 5.94. The van der Waals surface area contributed by atoms with Crippen molar-refractivity contribution in [1.29, 1.82) is 10.5 Å². The first kappa shape index (κ1) is 18.5. The molecule has 0 fully saturated rings. The molecule has 0 spiro atoms. The molecule has 0 amide bonds. The van der Waals surface area contributed by atoms with Crippen LogP contribution >= 0.6 is 0 Å². The molecule has 19 heavy (non-hydrogen) atoms. The monoisotopic (exact) mass is 262 g/mol. The molecule has 2 N–H and O–H groups in total. The Morgan fingerprint density at radius 1 is 0.947 bits per heavy atom. The van der Waals surface area contributed by atoms with Gasteiger partial charge in [-0.25, -0.2) is 9.59 Å².